The summed E-state index contributed by atoms with van der Waals surface area (Å²) >= 11 is 1.68. The first-order chi connectivity index (χ1) is 9.66. The molecule has 0 heterocycles. The van der Waals surface area contributed by atoms with Crippen molar-refractivity contribution in [3.8, 4) is 0 Å². The van der Waals surface area contributed by atoms with Crippen LogP contribution >= 0.6 is 11.8 Å². The Morgan fingerprint density at radius 2 is 1.60 bits per heavy atom. The highest BCUT2D eigenvalue weighted by Gasteiger charge is 2.09. The number of nitrogens with one attached hydrogen (secondary N) is 1. The molecule has 0 fully saturated rings. The van der Waals surface area contributed by atoms with Gasteiger partial charge in [-0.1, -0.05) is 18.2 Å². The molecule has 0 aliphatic heterocycles. The maximum absolute atomic E-state index is 13.4. The Labute approximate surface area is 120 Å². The lowest BCUT2D eigenvalue weighted by molar-refractivity contribution is 0.487. The number of hydrogen-bond donors (Lipinski definition) is 1. The second kappa shape index (κ2) is 7.36. The van der Waals surface area contributed by atoms with Gasteiger partial charge in [0.25, 0.3) is 0 Å². The smallest absolute Gasteiger partial charge is 0.161 e. The number of benzene rings is 2. The summed E-state index contributed by atoms with van der Waals surface area (Å²) in [5, 5.41) is 3.01. The summed E-state index contributed by atoms with van der Waals surface area (Å²) in [5.41, 5.74) is 0.133. The maximum Gasteiger partial charge on any atom is 0.161 e. The van der Waals surface area contributed by atoms with Crippen molar-refractivity contribution in [3.63, 3.8) is 0 Å². The van der Waals surface area contributed by atoms with Crippen molar-refractivity contribution in [1.82, 2.24) is 5.32 Å². The molecule has 0 saturated carbocycles. The van der Waals surface area contributed by atoms with Gasteiger partial charge in [-0.05, 0) is 18.2 Å². The standard InChI is InChI=1S/C15H14F3NS/c16-13-9-15(18)14(17)8-11(13)10-19-6-7-20-12-4-2-1-3-5-12/h1-5,8-9,19H,6-7,10H2. The highest BCUT2D eigenvalue weighted by Crippen LogP contribution is 2.16. The summed E-state index contributed by atoms with van der Waals surface area (Å²) in [4.78, 5) is 1.16. The summed E-state index contributed by atoms with van der Waals surface area (Å²) in [7, 11) is 0. The number of thioether (sulfide) groups is 1. The topological polar surface area (TPSA) is 12.0 Å². The van der Waals surface area contributed by atoms with Crippen LogP contribution in [-0.4, -0.2) is 12.3 Å². The Morgan fingerprint density at radius 3 is 2.35 bits per heavy atom. The van der Waals surface area contributed by atoms with Gasteiger partial charge < -0.3 is 5.32 Å². The molecule has 0 aliphatic carbocycles. The normalized spacial score (nSPS) is 10.8. The average Bonchev–Trinajstić information content (AvgIpc) is 2.45. The molecule has 0 amide bonds. The van der Waals surface area contributed by atoms with Crippen molar-refractivity contribution >= 4 is 11.8 Å². The van der Waals surface area contributed by atoms with E-state index in [9.17, 15) is 13.2 Å². The zero-order valence-corrected chi connectivity index (χ0v) is 11.5. The van der Waals surface area contributed by atoms with E-state index in [4.69, 9.17) is 0 Å². The zero-order chi connectivity index (χ0) is 14.4. The molecule has 2 aromatic carbocycles. The van der Waals surface area contributed by atoms with Crippen LogP contribution < -0.4 is 5.32 Å². The van der Waals surface area contributed by atoms with Gasteiger partial charge >= 0.3 is 0 Å². The Balaban J connectivity index is 1.75. The third kappa shape index (κ3) is 4.28. The number of rotatable bonds is 6. The molecule has 0 aromatic heterocycles. The predicted molar refractivity (Wildman–Crippen MR) is 75.2 cm³/mol. The zero-order valence-electron chi connectivity index (χ0n) is 10.7. The lowest BCUT2D eigenvalue weighted by Gasteiger charge is -2.07. The second-order valence-electron chi connectivity index (χ2n) is 4.20. The third-order valence-electron chi connectivity index (χ3n) is 2.70. The van der Waals surface area contributed by atoms with Crippen molar-refractivity contribution in [2.75, 3.05) is 12.3 Å². The molecule has 0 saturated heterocycles. The third-order valence-corrected chi connectivity index (χ3v) is 3.71. The van der Waals surface area contributed by atoms with E-state index >= 15 is 0 Å². The van der Waals surface area contributed by atoms with E-state index in [-0.39, 0.29) is 12.1 Å². The SMILES string of the molecule is Fc1cc(F)c(CNCCSc2ccccc2)cc1F. The molecular formula is C15H14F3NS. The van der Waals surface area contributed by atoms with Gasteiger partial charge in [-0.3, -0.25) is 0 Å². The molecule has 1 N–H and O–H groups in total. The van der Waals surface area contributed by atoms with Gasteiger partial charge in [-0.2, -0.15) is 0 Å². The summed E-state index contributed by atoms with van der Waals surface area (Å²) in [6.07, 6.45) is 0. The van der Waals surface area contributed by atoms with Crippen molar-refractivity contribution in [2.45, 2.75) is 11.4 Å². The molecule has 106 valence electrons. The van der Waals surface area contributed by atoms with Crippen LogP contribution in [0.4, 0.5) is 13.2 Å². The fraction of sp³-hybridized carbons (Fsp3) is 0.200. The predicted octanol–water partition coefficient (Wildman–Crippen LogP) is 3.99. The first kappa shape index (κ1) is 14.9. The van der Waals surface area contributed by atoms with E-state index in [2.05, 4.69) is 5.32 Å². The van der Waals surface area contributed by atoms with Gasteiger partial charge in [0.05, 0.1) is 0 Å². The van der Waals surface area contributed by atoms with E-state index in [1.54, 1.807) is 11.8 Å². The quantitative estimate of drug-likeness (QED) is 0.491. The van der Waals surface area contributed by atoms with Crippen LogP contribution in [0.3, 0.4) is 0 Å². The van der Waals surface area contributed by atoms with Gasteiger partial charge in [0, 0.05) is 35.4 Å². The number of halogens is 3. The number of hydrogen-bond acceptors (Lipinski definition) is 2. The van der Waals surface area contributed by atoms with Gasteiger partial charge in [0.1, 0.15) is 5.82 Å². The van der Waals surface area contributed by atoms with E-state index in [0.717, 1.165) is 16.7 Å². The molecular weight excluding hydrogens is 283 g/mol. The fourth-order valence-corrected chi connectivity index (χ4v) is 2.51. The lowest BCUT2D eigenvalue weighted by atomic mass is 10.2. The lowest BCUT2D eigenvalue weighted by Crippen LogP contribution is -2.17. The highest BCUT2D eigenvalue weighted by molar-refractivity contribution is 7.99. The van der Waals surface area contributed by atoms with Crippen molar-refractivity contribution in [1.29, 1.82) is 0 Å². The molecule has 20 heavy (non-hydrogen) atoms. The van der Waals surface area contributed by atoms with Crippen LogP contribution in [0.2, 0.25) is 0 Å². The Morgan fingerprint density at radius 1 is 0.900 bits per heavy atom. The van der Waals surface area contributed by atoms with Gasteiger partial charge in [-0.25, -0.2) is 13.2 Å². The van der Waals surface area contributed by atoms with Crippen molar-refractivity contribution in [2.24, 2.45) is 0 Å². The van der Waals surface area contributed by atoms with Crippen LogP contribution in [-0.2, 0) is 6.54 Å². The average molecular weight is 297 g/mol. The molecule has 2 rings (SSSR count). The van der Waals surface area contributed by atoms with Crippen LogP contribution in [0.15, 0.2) is 47.4 Å². The molecule has 0 atom stereocenters. The molecule has 0 unspecified atom stereocenters. The van der Waals surface area contributed by atoms with E-state index < -0.39 is 17.5 Å². The second-order valence-corrected chi connectivity index (χ2v) is 5.36. The highest BCUT2D eigenvalue weighted by atomic mass is 32.2. The Hall–Kier alpha value is -1.46. The molecule has 0 radical (unpaired) electrons. The summed E-state index contributed by atoms with van der Waals surface area (Å²) in [5.74, 6) is -2.10. The Kier molecular flexibility index (Phi) is 5.49. The molecule has 0 spiro atoms. The molecule has 2 aromatic rings. The first-order valence-corrected chi connectivity index (χ1v) is 7.17. The summed E-state index contributed by atoms with van der Waals surface area (Å²) in [6, 6.07) is 11.4. The Bertz CT molecular complexity index is 561. The summed E-state index contributed by atoms with van der Waals surface area (Å²) in [6.45, 7) is 0.830. The van der Waals surface area contributed by atoms with Crippen molar-refractivity contribution in [3.05, 3.63) is 65.5 Å². The molecule has 0 aliphatic rings. The van der Waals surface area contributed by atoms with Gasteiger partial charge in [-0.15, -0.1) is 11.8 Å². The largest absolute Gasteiger partial charge is 0.312 e. The maximum atomic E-state index is 13.4. The monoisotopic (exact) mass is 297 g/mol. The fourth-order valence-electron chi connectivity index (χ4n) is 1.68. The van der Waals surface area contributed by atoms with E-state index in [1.165, 1.54) is 0 Å². The molecule has 5 heteroatoms. The van der Waals surface area contributed by atoms with Crippen molar-refractivity contribution < 1.29 is 13.2 Å². The molecule has 1 nitrogen and oxygen atoms in total. The minimum Gasteiger partial charge on any atom is -0.312 e. The van der Waals surface area contributed by atoms with Gasteiger partial charge in [0.15, 0.2) is 11.6 Å². The summed E-state index contributed by atoms with van der Waals surface area (Å²) < 4.78 is 39.1. The van der Waals surface area contributed by atoms with Gasteiger partial charge in [0.2, 0.25) is 0 Å². The molecule has 0 bridgehead atoms. The van der Waals surface area contributed by atoms with Crippen LogP contribution in [0.25, 0.3) is 0 Å². The minimum absolute atomic E-state index is 0.133. The first-order valence-electron chi connectivity index (χ1n) is 6.19. The van der Waals surface area contributed by atoms with Crippen LogP contribution in [0.5, 0.6) is 0 Å². The van der Waals surface area contributed by atoms with Crippen LogP contribution in [0.1, 0.15) is 5.56 Å². The van der Waals surface area contributed by atoms with E-state index in [0.29, 0.717) is 12.6 Å². The minimum atomic E-state index is -1.16. The van der Waals surface area contributed by atoms with Crippen LogP contribution in [0, 0.1) is 17.5 Å². The van der Waals surface area contributed by atoms with E-state index in [1.807, 2.05) is 30.3 Å².